The number of rotatable bonds is 3. The minimum absolute atomic E-state index is 0.190. The Morgan fingerprint density at radius 2 is 2.19 bits per heavy atom. The van der Waals surface area contributed by atoms with Gasteiger partial charge in [0.2, 0.25) is 0 Å². The molecule has 0 bridgehead atoms. The second-order valence-corrected chi connectivity index (χ2v) is 6.01. The molecule has 1 aromatic carbocycles. The number of benzene rings is 1. The Balaban J connectivity index is 1.88. The summed E-state index contributed by atoms with van der Waals surface area (Å²) in [5.74, 6) is 1.89. The van der Waals surface area contributed by atoms with Crippen LogP contribution in [0, 0.1) is 0 Å². The van der Waals surface area contributed by atoms with Gasteiger partial charge in [0.05, 0.1) is 12.0 Å². The molecule has 0 unspecified atom stereocenters. The van der Waals surface area contributed by atoms with E-state index >= 15 is 0 Å². The Morgan fingerprint density at radius 3 is 2.90 bits per heavy atom. The van der Waals surface area contributed by atoms with Crippen molar-refractivity contribution in [3.63, 3.8) is 0 Å². The van der Waals surface area contributed by atoms with Crippen molar-refractivity contribution in [2.75, 3.05) is 7.11 Å². The lowest BCUT2D eigenvalue weighted by molar-refractivity contribution is -0.115. The van der Waals surface area contributed by atoms with Crippen molar-refractivity contribution in [3.05, 3.63) is 47.1 Å². The van der Waals surface area contributed by atoms with Crippen LogP contribution in [0.25, 0.3) is 17.4 Å². The van der Waals surface area contributed by atoms with Crippen LogP contribution in [0.1, 0.15) is 5.76 Å². The Bertz CT molecular complexity index is 749. The van der Waals surface area contributed by atoms with Crippen molar-refractivity contribution in [1.82, 2.24) is 5.32 Å². The Kier molecular flexibility index (Phi) is 3.81. The summed E-state index contributed by atoms with van der Waals surface area (Å²) in [6.07, 6.45) is 1.68. The van der Waals surface area contributed by atoms with Crippen LogP contribution in [0.2, 0.25) is 0 Å². The summed E-state index contributed by atoms with van der Waals surface area (Å²) in [6.45, 7) is 0. The molecule has 2 heterocycles. The minimum Gasteiger partial charge on any atom is -0.497 e. The van der Waals surface area contributed by atoms with E-state index in [4.69, 9.17) is 21.4 Å². The van der Waals surface area contributed by atoms with Gasteiger partial charge in [-0.3, -0.25) is 4.79 Å². The first kappa shape index (κ1) is 13.9. The molecule has 4 nitrogen and oxygen atoms in total. The summed E-state index contributed by atoms with van der Waals surface area (Å²) >= 11 is 6.18. The van der Waals surface area contributed by atoms with Gasteiger partial charge in [-0.1, -0.05) is 36.1 Å². The van der Waals surface area contributed by atoms with Crippen LogP contribution in [-0.2, 0) is 4.79 Å². The van der Waals surface area contributed by atoms with Gasteiger partial charge in [0.1, 0.15) is 21.6 Å². The summed E-state index contributed by atoms with van der Waals surface area (Å²) in [5.41, 5.74) is 0.915. The molecule has 106 valence electrons. The average Bonchev–Trinajstić information content (AvgIpc) is 3.06. The maximum atomic E-state index is 11.6. The summed E-state index contributed by atoms with van der Waals surface area (Å²) in [5, 5.41) is 2.57. The number of thioether (sulfide) groups is 1. The van der Waals surface area contributed by atoms with Gasteiger partial charge in [0.25, 0.3) is 5.91 Å². The molecule has 1 N–H and O–H groups in total. The van der Waals surface area contributed by atoms with Crippen LogP contribution in [0.4, 0.5) is 0 Å². The lowest BCUT2D eigenvalue weighted by Crippen LogP contribution is -2.17. The van der Waals surface area contributed by atoms with Crippen molar-refractivity contribution in [3.8, 4) is 17.1 Å². The third-order valence-electron chi connectivity index (χ3n) is 2.90. The predicted octanol–water partition coefficient (Wildman–Crippen LogP) is 3.44. The number of hydrogen-bond acceptors (Lipinski definition) is 5. The number of carbonyl (C=O) groups is 1. The van der Waals surface area contributed by atoms with E-state index in [0.29, 0.717) is 20.7 Å². The predicted molar refractivity (Wildman–Crippen MR) is 87.0 cm³/mol. The fraction of sp³-hybridized carbons (Fsp3) is 0.0667. The lowest BCUT2D eigenvalue weighted by atomic mass is 10.2. The van der Waals surface area contributed by atoms with Gasteiger partial charge < -0.3 is 14.5 Å². The van der Waals surface area contributed by atoms with E-state index in [-0.39, 0.29) is 5.91 Å². The van der Waals surface area contributed by atoms with E-state index in [1.807, 2.05) is 36.4 Å². The monoisotopic (exact) mass is 317 g/mol. The summed E-state index contributed by atoms with van der Waals surface area (Å²) in [7, 11) is 1.62. The maximum Gasteiger partial charge on any atom is 0.263 e. The van der Waals surface area contributed by atoms with Gasteiger partial charge in [-0.2, -0.15) is 0 Å². The molecule has 21 heavy (non-hydrogen) atoms. The topological polar surface area (TPSA) is 51.5 Å². The number of ether oxygens (including phenoxy) is 1. The SMILES string of the molecule is COc1cccc(-c2ccc(C=C3SC(=S)NC3=O)o2)c1. The molecular weight excluding hydrogens is 306 g/mol. The van der Waals surface area contributed by atoms with Crippen molar-refractivity contribution in [2.45, 2.75) is 0 Å². The van der Waals surface area contributed by atoms with Crippen LogP contribution in [-0.4, -0.2) is 17.3 Å². The van der Waals surface area contributed by atoms with Crippen molar-refractivity contribution < 1.29 is 13.9 Å². The normalized spacial score (nSPS) is 16.3. The largest absolute Gasteiger partial charge is 0.497 e. The highest BCUT2D eigenvalue weighted by atomic mass is 32.2. The number of furan rings is 1. The van der Waals surface area contributed by atoms with E-state index in [1.54, 1.807) is 13.2 Å². The average molecular weight is 317 g/mol. The van der Waals surface area contributed by atoms with Crippen LogP contribution in [0.3, 0.4) is 0 Å². The highest BCUT2D eigenvalue weighted by molar-refractivity contribution is 8.26. The maximum absolute atomic E-state index is 11.6. The smallest absolute Gasteiger partial charge is 0.263 e. The molecule has 1 saturated heterocycles. The van der Waals surface area contributed by atoms with Gasteiger partial charge >= 0.3 is 0 Å². The van der Waals surface area contributed by atoms with Crippen molar-refractivity contribution >= 4 is 40.3 Å². The summed E-state index contributed by atoms with van der Waals surface area (Å²) < 4.78 is 11.4. The highest BCUT2D eigenvalue weighted by Gasteiger charge is 2.22. The molecule has 6 heteroatoms. The van der Waals surface area contributed by atoms with E-state index in [9.17, 15) is 4.79 Å². The van der Waals surface area contributed by atoms with E-state index in [1.165, 1.54) is 11.8 Å². The third-order valence-corrected chi connectivity index (χ3v) is 4.06. The second-order valence-electron chi connectivity index (χ2n) is 4.29. The van der Waals surface area contributed by atoms with E-state index < -0.39 is 0 Å². The fourth-order valence-corrected chi connectivity index (χ4v) is 2.94. The van der Waals surface area contributed by atoms with Gasteiger partial charge in [-0.25, -0.2) is 0 Å². The molecule has 0 saturated carbocycles. The quantitative estimate of drug-likeness (QED) is 0.694. The molecule has 1 aliphatic rings. The summed E-state index contributed by atoms with van der Waals surface area (Å²) in [4.78, 5) is 12.1. The molecule has 2 aromatic rings. The first-order valence-corrected chi connectivity index (χ1v) is 7.37. The first-order chi connectivity index (χ1) is 10.2. The molecule has 1 fully saturated rings. The van der Waals surface area contributed by atoms with Crippen molar-refractivity contribution in [2.24, 2.45) is 0 Å². The first-order valence-electron chi connectivity index (χ1n) is 6.15. The number of carbonyl (C=O) groups excluding carboxylic acids is 1. The number of methoxy groups -OCH3 is 1. The molecule has 0 aliphatic carbocycles. The van der Waals surface area contributed by atoms with Crippen LogP contribution in [0.5, 0.6) is 5.75 Å². The molecule has 0 atom stereocenters. The molecule has 1 aromatic heterocycles. The Morgan fingerprint density at radius 1 is 1.33 bits per heavy atom. The van der Waals surface area contributed by atoms with Crippen LogP contribution >= 0.6 is 24.0 Å². The standard InChI is InChI=1S/C15H11NO3S2/c1-18-10-4-2-3-9(7-10)12-6-5-11(19-12)8-13-14(17)16-15(20)21-13/h2-8H,1H3,(H,16,17,20). The van der Waals surface area contributed by atoms with Crippen LogP contribution in [0.15, 0.2) is 45.7 Å². The summed E-state index contributed by atoms with van der Waals surface area (Å²) in [6, 6.07) is 11.3. The Hall–Kier alpha value is -2.05. The number of amides is 1. The van der Waals surface area contributed by atoms with Gasteiger partial charge in [-0.15, -0.1) is 0 Å². The number of hydrogen-bond donors (Lipinski definition) is 1. The number of nitrogens with one attached hydrogen (secondary N) is 1. The molecule has 3 rings (SSSR count). The van der Waals surface area contributed by atoms with E-state index in [2.05, 4.69) is 5.32 Å². The molecule has 1 amide bonds. The lowest BCUT2D eigenvalue weighted by Gasteiger charge is -2.01. The molecule has 0 radical (unpaired) electrons. The van der Waals surface area contributed by atoms with E-state index in [0.717, 1.165) is 11.3 Å². The zero-order chi connectivity index (χ0) is 14.8. The fourth-order valence-electron chi connectivity index (χ4n) is 1.91. The Labute approximate surface area is 131 Å². The molecule has 1 aliphatic heterocycles. The zero-order valence-electron chi connectivity index (χ0n) is 11.1. The highest BCUT2D eigenvalue weighted by Crippen LogP contribution is 2.29. The minimum atomic E-state index is -0.190. The van der Waals surface area contributed by atoms with Crippen molar-refractivity contribution in [1.29, 1.82) is 0 Å². The molecular formula is C15H11NO3S2. The second kappa shape index (κ2) is 5.75. The zero-order valence-corrected chi connectivity index (χ0v) is 12.7. The number of thiocarbonyl (C=S) groups is 1. The van der Waals surface area contributed by atoms with Gasteiger partial charge in [0, 0.05) is 11.6 Å². The van der Waals surface area contributed by atoms with Gasteiger partial charge in [0.15, 0.2) is 0 Å². The van der Waals surface area contributed by atoms with Crippen LogP contribution < -0.4 is 10.1 Å². The molecule has 0 spiro atoms. The third kappa shape index (κ3) is 3.01. The van der Waals surface area contributed by atoms with Gasteiger partial charge in [-0.05, 0) is 24.3 Å².